The highest BCUT2D eigenvalue weighted by atomic mass is 15.0. The molecule has 282 valence electrons. The molecule has 10 aromatic carbocycles. The molecule has 2 nitrogen and oxygen atoms in total. The van der Waals surface area contributed by atoms with Gasteiger partial charge in [-0.1, -0.05) is 164 Å². The maximum Gasteiger partial charge on any atom is 0.0725 e. The molecule has 0 amide bonds. The lowest BCUT2D eigenvalue weighted by atomic mass is 9.70. The highest BCUT2D eigenvalue weighted by Gasteiger charge is 2.51. The third-order valence-electron chi connectivity index (χ3n) is 13.9. The number of para-hydroxylation sites is 2. The van der Waals surface area contributed by atoms with E-state index in [2.05, 4.69) is 228 Å². The zero-order valence-corrected chi connectivity index (χ0v) is 33.2. The quantitative estimate of drug-likeness (QED) is 0.169. The smallest absolute Gasteiger partial charge is 0.0725 e. The first kappa shape index (κ1) is 33.0. The van der Waals surface area contributed by atoms with Crippen LogP contribution in [0.2, 0.25) is 0 Å². The minimum atomic E-state index is -0.386. The lowest BCUT2D eigenvalue weighted by molar-refractivity contribution is 0.794. The highest BCUT2D eigenvalue weighted by Crippen LogP contribution is 2.63. The molecule has 0 fully saturated rings. The summed E-state index contributed by atoms with van der Waals surface area (Å²) in [5, 5.41) is 7.58. The van der Waals surface area contributed by atoms with Crippen molar-refractivity contribution in [2.45, 2.75) is 5.41 Å². The van der Waals surface area contributed by atoms with Crippen molar-refractivity contribution >= 4 is 54.4 Å². The Morgan fingerprint density at radius 1 is 0.279 bits per heavy atom. The number of benzene rings is 10. The Hall–Kier alpha value is -7.94. The summed E-state index contributed by atoms with van der Waals surface area (Å²) in [6.45, 7) is 0. The molecule has 0 aliphatic heterocycles. The molecule has 0 saturated heterocycles. The van der Waals surface area contributed by atoms with Crippen LogP contribution in [0.3, 0.4) is 0 Å². The van der Waals surface area contributed by atoms with Crippen molar-refractivity contribution in [1.82, 2.24) is 9.13 Å². The molecule has 12 aromatic rings. The van der Waals surface area contributed by atoms with Crippen LogP contribution in [-0.4, -0.2) is 9.13 Å². The molecule has 0 saturated carbocycles. The molecule has 0 N–H and O–H groups in total. The first-order valence-corrected chi connectivity index (χ1v) is 21.3. The molecule has 2 aliphatic rings. The van der Waals surface area contributed by atoms with Gasteiger partial charge < -0.3 is 9.13 Å². The van der Waals surface area contributed by atoms with Gasteiger partial charge in [0.1, 0.15) is 0 Å². The second kappa shape index (κ2) is 12.1. The Morgan fingerprint density at radius 3 is 1.61 bits per heavy atom. The first-order chi connectivity index (χ1) is 30.3. The number of hydrogen-bond donors (Lipinski definition) is 0. The molecule has 2 heteroatoms. The third-order valence-corrected chi connectivity index (χ3v) is 13.9. The molecule has 0 atom stereocenters. The fraction of sp³-hybridized carbons (Fsp3) is 0.0169. The van der Waals surface area contributed by atoms with Gasteiger partial charge in [-0.3, -0.25) is 0 Å². The highest BCUT2D eigenvalue weighted by molar-refractivity contribution is 6.25. The zero-order chi connectivity index (χ0) is 39.8. The Kier molecular flexibility index (Phi) is 6.52. The monoisotopic (exact) mass is 772 g/mol. The zero-order valence-electron chi connectivity index (χ0n) is 33.2. The van der Waals surface area contributed by atoms with Crippen LogP contribution in [0.5, 0.6) is 0 Å². The van der Waals surface area contributed by atoms with Crippen LogP contribution < -0.4 is 0 Å². The van der Waals surface area contributed by atoms with Crippen LogP contribution in [0.1, 0.15) is 22.3 Å². The Bertz CT molecular complexity index is 3760. The van der Waals surface area contributed by atoms with Crippen molar-refractivity contribution in [1.29, 1.82) is 0 Å². The van der Waals surface area contributed by atoms with Crippen LogP contribution in [0, 0.1) is 0 Å². The standard InChI is InChI=1S/C59H36N2/c1-2-17-40(18-3-1)60-54-28-13-9-24-47(54)48-35-49-57(36-56(48)60)61(55-32-30-37-15-4-5-20-42(37)58(49)55)41-19-14-16-38(33-41)39-29-31-46-45-23-8-12-27-52(45)59(53(46)34-39)50-25-10-6-21-43(50)44-22-7-11-26-51(44)59/h1-36H. The normalized spacial score (nSPS) is 13.4. The van der Waals surface area contributed by atoms with Gasteiger partial charge in [0.25, 0.3) is 0 Å². The van der Waals surface area contributed by atoms with Crippen LogP contribution in [0.4, 0.5) is 0 Å². The molecular formula is C59H36N2. The van der Waals surface area contributed by atoms with E-state index in [1.807, 2.05) is 0 Å². The molecule has 2 heterocycles. The minimum Gasteiger partial charge on any atom is -0.309 e. The third kappa shape index (κ3) is 4.26. The van der Waals surface area contributed by atoms with Crippen molar-refractivity contribution in [3.05, 3.63) is 241 Å². The number of fused-ring (bicyclic) bond motifs is 18. The summed E-state index contributed by atoms with van der Waals surface area (Å²) in [5.74, 6) is 0. The number of hydrogen-bond acceptors (Lipinski definition) is 0. The SMILES string of the molecule is c1ccc(-n2c3ccccc3c3cc4c5c6ccccc6ccc5n(-c5cccc(-c6ccc7c(c6)C6(c8ccccc8-c8ccccc86)c6ccccc6-7)c5)c4cc32)cc1. The lowest BCUT2D eigenvalue weighted by Crippen LogP contribution is -2.25. The van der Waals surface area contributed by atoms with Gasteiger partial charge >= 0.3 is 0 Å². The second-order valence-corrected chi connectivity index (χ2v) is 16.8. The first-order valence-electron chi connectivity index (χ1n) is 21.3. The summed E-state index contributed by atoms with van der Waals surface area (Å²) in [7, 11) is 0. The second-order valence-electron chi connectivity index (χ2n) is 16.8. The van der Waals surface area contributed by atoms with Gasteiger partial charge in [0, 0.05) is 32.9 Å². The average molecular weight is 773 g/mol. The summed E-state index contributed by atoms with van der Waals surface area (Å²) in [5.41, 5.74) is 19.9. The Labute approximate surface area is 352 Å². The van der Waals surface area contributed by atoms with E-state index >= 15 is 0 Å². The number of rotatable bonds is 3. The topological polar surface area (TPSA) is 9.86 Å². The molecule has 14 rings (SSSR count). The maximum absolute atomic E-state index is 2.50. The average Bonchev–Trinajstić information content (AvgIpc) is 4.03. The predicted octanol–water partition coefficient (Wildman–Crippen LogP) is 15.0. The minimum absolute atomic E-state index is 0.386. The van der Waals surface area contributed by atoms with E-state index in [0.29, 0.717) is 0 Å². The summed E-state index contributed by atoms with van der Waals surface area (Å²) in [6.07, 6.45) is 0. The number of aromatic nitrogens is 2. The van der Waals surface area contributed by atoms with Crippen molar-refractivity contribution < 1.29 is 0 Å². The van der Waals surface area contributed by atoms with Crippen LogP contribution in [0.25, 0.3) is 99.1 Å². The van der Waals surface area contributed by atoms with Crippen LogP contribution in [-0.2, 0) is 5.41 Å². The van der Waals surface area contributed by atoms with Gasteiger partial charge in [0.2, 0.25) is 0 Å². The summed E-state index contributed by atoms with van der Waals surface area (Å²) < 4.78 is 4.93. The van der Waals surface area contributed by atoms with Crippen molar-refractivity contribution in [3.63, 3.8) is 0 Å². The molecule has 61 heavy (non-hydrogen) atoms. The van der Waals surface area contributed by atoms with E-state index < -0.39 is 0 Å². The summed E-state index contributed by atoms with van der Waals surface area (Å²) >= 11 is 0. The molecule has 0 bridgehead atoms. The molecule has 1 spiro atoms. The molecule has 0 radical (unpaired) electrons. The van der Waals surface area contributed by atoms with Gasteiger partial charge in [-0.25, -0.2) is 0 Å². The fourth-order valence-electron chi connectivity index (χ4n) is 11.5. The fourth-order valence-corrected chi connectivity index (χ4v) is 11.5. The van der Waals surface area contributed by atoms with Gasteiger partial charge in [-0.05, 0) is 121 Å². The van der Waals surface area contributed by atoms with Gasteiger partial charge in [-0.2, -0.15) is 0 Å². The largest absolute Gasteiger partial charge is 0.309 e. The molecule has 0 unspecified atom stereocenters. The molecule has 2 aromatic heterocycles. The van der Waals surface area contributed by atoms with E-state index in [1.54, 1.807) is 0 Å². The maximum atomic E-state index is 2.50. The van der Waals surface area contributed by atoms with Gasteiger partial charge in [0.15, 0.2) is 0 Å². The summed E-state index contributed by atoms with van der Waals surface area (Å²) in [6, 6.07) is 81.5. The Morgan fingerprint density at radius 2 is 0.852 bits per heavy atom. The molecular weight excluding hydrogens is 737 g/mol. The van der Waals surface area contributed by atoms with Gasteiger partial charge in [-0.15, -0.1) is 0 Å². The van der Waals surface area contributed by atoms with Crippen LogP contribution in [0.15, 0.2) is 218 Å². The summed E-state index contributed by atoms with van der Waals surface area (Å²) in [4.78, 5) is 0. The number of nitrogens with zero attached hydrogens (tertiary/aromatic N) is 2. The van der Waals surface area contributed by atoms with Crippen LogP contribution >= 0.6 is 0 Å². The van der Waals surface area contributed by atoms with E-state index in [4.69, 9.17) is 0 Å². The van der Waals surface area contributed by atoms with E-state index in [1.165, 1.54) is 110 Å². The van der Waals surface area contributed by atoms with Crippen molar-refractivity contribution in [2.24, 2.45) is 0 Å². The predicted molar refractivity (Wildman–Crippen MR) is 254 cm³/mol. The van der Waals surface area contributed by atoms with E-state index in [0.717, 1.165) is 11.4 Å². The Balaban J connectivity index is 1.03. The van der Waals surface area contributed by atoms with Gasteiger partial charge in [0.05, 0.1) is 27.5 Å². The van der Waals surface area contributed by atoms with E-state index in [-0.39, 0.29) is 5.41 Å². The molecule has 2 aliphatic carbocycles. The van der Waals surface area contributed by atoms with Crippen molar-refractivity contribution in [2.75, 3.05) is 0 Å². The van der Waals surface area contributed by atoms with Crippen molar-refractivity contribution in [3.8, 4) is 44.8 Å². The van der Waals surface area contributed by atoms with E-state index in [9.17, 15) is 0 Å². The lowest BCUT2D eigenvalue weighted by Gasteiger charge is -2.30.